The van der Waals surface area contributed by atoms with Crippen LogP contribution in [0.2, 0.25) is 0 Å². The monoisotopic (exact) mass is 277 g/mol. The number of carbonyl (C=O) groups excluding carboxylic acids is 1. The molecule has 3 nitrogen and oxygen atoms in total. The van der Waals surface area contributed by atoms with Gasteiger partial charge in [0.05, 0.1) is 0 Å². The van der Waals surface area contributed by atoms with E-state index in [4.69, 9.17) is 0 Å². The number of alkyl halides is 2. The summed E-state index contributed by atoms with van der Waals surface area (Å²) in [6, 6.07) is 2.23. The van der Waals surface area contributed by atoms with Crippen LogP contribution in [0.15, 0.2) is 12.1 Å². The van der Waals surface area contributed by atoms with Gasteiger partial charge in [0, 0.05) is 30.5 Å². The molecule has 1 saturated heterocycles. The molecule has 18 heavy (non-hydrogen) atoms. The van der Waals surface area contributed by atoms with Crippen molar-refractivity contribution in [3.05, 3.63) is 23.5 Å². The number of halogens is 3. The van der Waals surface area contributed by atoms with Crippen molar-refractivity contribution < 1.29 is 22.7 Å². The van der Waals surface area contributed by atoms with Crippen molar-refractivity contribution in [2.45, 2.75) is 19.0 Å². The zero-order valence-electron chi connectivity index (χ0n) is 9.25. The quantitative estimate of drug-likeness (QED) is 0.851. The van der Waals surface area contributed by atoms with E-state index in [0.29, 0.717) is 17.4 Å². The third kappa shape index (κ3) is 2.75. The van der Waals surface area contributed by atoms with Crippen molar-refractivity contribution in [1.29, 1.82) is 0 Å². The molecule has 1 amide bonds. The Balaban J connectivity index is 2.29. The highest BCUT2D eigenvalue weighted by molar-refractivity contribution is 7.27. The van der Waals surface area contributed by atoms with Crippen LogP contribution in [0.4, 0.5) is 13.2 Å². The lowest BCUT2D eigenvalue weighted by atomic mass is 9.97. The molecule has 0 aliphatic carbocycles. The van der Waals surface area contributed by atoms with Gasteiger partial charge in [-0.2, -0.15) is 8.78 Å². The van der Waals surface area contributed by atoms with Crippen LogP contribution in [0.25, 0.3) is 0 Å². The number of benzene rings is 1. The number of nitrogens with one attached hydrogen (secondary N) is 1. The minimum absolute atomic E-state index is 0.142. The number of ether oxygens (including phenoxy) is 1. The first kappa shape index (κ1) is 13.1. The molecule has 1 aromatic carbocycles. The molecule has 0 aromatic heterocycles. The van der Waals surface area contributed by atoms with Gasteiger partial charge < -0.3 is 10.1 Å². The Labute approximate surface area is 104 Å². The standard InChI is InChI=1S/C11H11F3NO2P/c12-7-2-6(17-11(13)14)3-8(18)10(7)5-1-9(16)15-4-5/h2-3,5,11H,1,4,18H2,(H,15,16). The lowest BCUT2D eigenvalue weighted by Gasteiger charge is -2.14. The van der Waals surface area contributed by atoms with Crippen LogP contribution in [-0.2, 0) is 4.79 Å². The maximum Gasteiger partial charge on any atom is 0.387 e. The summed E-state index contributed by atoms with van der Waals surface area (Å²) in [5.41, 5.74) is 0.347. The van der Waals surface area contributed by atoms with Gasteiger partial charge in [-0.05, 0) is 11.4 Å². The van der Waals surface area contributed by atoms with Crippen LogP contribution in [0.3, 0.4) is 0 Å². The van der Waals surface area contributed by atoms with Crippen LogP contribution in [0.1, 0.15) is 17.9 Å². The second-order valence-electron chi connectivity index (χ2n) is 3.99. The van der Waals surface area contributed by atoms with Gasteiger partial charge in [-0.15, -0.1) is 9.24 Å². The maximum absolute atomic E-state index is 13.9. The fraction of sp³-hybridized carbons (Fsp3) is 0.364. The van der Waals surface area contributed by atoms with E-state index in [2.05, 4.69) is 19.3 Å². The molecule has 0 radical (unpaired) electrons. The van der Waals surface area contributed by atoms with E-state index in [9.17, 15) is 18.0 Å². The van der Waals surface area contributed by atoms with E-state index in [1.165, 1.54) is 6.07 Å². The molecule has 98 valence electrons. The Bertz CT molecular complexity index is 458. The predicted molar refractivity (Wildman–Crippen MR) is 62.7 cm³/mol. The van der Waals surface area contributed by atoms with Crippen LogP contribution in [0, 0.1) is 5.82 Å². The summed E-state index contributed by atoms with van der Waals surface area (Å²) in [5, 5.41) is 3.03. The first-order chi connectivity index (χ1) is 8.47. The number of hydrogen-bond acceptors (Lipinski definition) is 2. The molecule has 2 atom stereocenters. The van der Waals surface area contributed by atoms with Crippen molar-refractivity contribution in [1.82, 2.24) is 5.32 Å². The summed E-state index contributed by atoms with van der Waals surface area (Å²) < 4.78 is 42.1. The molecule has 1 aliphatic heterocycles. The molecule has 7 heteroatoms. The molecule has 2 unspecified atom stereocenters. The highest BCUT2D eigenvalue weighted by atomic mass is 31.0. The van der Waals surface area contributed by atoms with Gasteiger partial charge in [-0.1, -0.05) is 0 Å². The summed E-state index contributed by atoms with van der Waals surface area (Å²) in [7, 11) is 2.28. The zero-order chi connectivity index (χ0) is 13.3. The molecule has 0 bridgehead atoms. The molecule has 1 fully saturated rings. The predicted octanol–water partition coefficient (Wildman–Crippen LogP) is 1.53. The third-order valence-electron chi connectivity index (χ3n) is 2.75. The van der Waals surface area contributed by atoms with E-state index in [0.717, 1.165) is 6.07 Å². The first-order valence-corrected chi connectivity index (χ1v) is 5.85. The van der Waals surface area contributed by atoms with E-state index < -0.39 is 12.4 Å². The minimum Gasteiger partial charge on any atom is -0.435 e. The molecule has 2 rings (SSSR count). The van der Waals surface area contributed by atoms with Crippen molar-refractivity contribution in [2.75, 3.05) is 6.54 Å². The zero-order valence-corrected chi connectivity index (χ0v) is 10.4. The Hall–Kier alpha value is -1.29. The number of carbonyl (C=O) groups is 1. The van der Waals surface area contributed by atoms with E-state index >= 15 is 0 Å². The average molecular weight is 277 g/mol. The maximum atomic E-state index is 13.9. The van der Waals surface area contributed by atoms with E-state index in [1.807, 2.05) is 0 Å². The Morgan fingerprint density at radius 2 is 2.17 bits per heavy atom. The van der Waals surface area contributed by atoms with E-state index in [-0.39, 0.29) is 24.0 Å². The molecule has 1 aliphatic rings. The highest BCUT2D eigenvalue weighted by Gasteiger charge is 2.27. The van der Waals surface area contributed by atoms with E-state index in [1.54, 1.807) is 0 Å². The summed E-state index contributed by atoms with van der Waals surface area (Å²) in [6.45, 7) is -2.64. The fourth-order valence-electron chi connectivity index (χ4n) is 2.02. The van der Waals surface area contributed by atoms with Crippen molar-refractivity contribution in [2.24, 2.45) is 0 Å². The normalized spacial score (nSPS) is 19.2. The van der Waals surface area contributed by atoms with Gasteiger partial charge in [0.2, 0.25) is 5.91 Å². The Morgan fingerprint density at radius 1 is 1.44 bits per heavy atom. The second-order valence-corrected chi connectivity index (χ2v) is 4.61. The number of hydrogen-bond donors (Lipinski definition) is 1. The van der Waals surface area contributed by atoms with Gasteiger partial charge >= 0.3 is 6.61 Å². The lowest BCUT2D eigenvalue weighted by molar-refractivity contribution is -0.119. The smallest absolute Gasteiger partial charge is 0.387 e. The summed E-state index contributed by atoms with van der Waals surface area (Å²) in [6.07, 6.45) is 0.202. The van der Waals surface area contributed by atoms with Crippen LogP contribution in [-0.4, -0.2) is 19.1 Å². The first-order valence-electron chi connectivity index (χ1n) is 5.28. The SMILES string of the molecule is O=C1CC(c2c(F)cc(OC(F)F)cc2P)CN1. The number of amides is 1. The molecule has 1 N–H and O–H groups in total. The third-order valence-corrected chi connectivity index (χ3v) is 3.22. The summed E-state index contributed by atoms with van der Waals surface area (Å²) in [5.74, 6) is -1.28. The van der Waals surface area contributed by atoms with Crippen molar-refractivity contribution >= 4 is 20.5 Å². The molecular weight excluding hydrogens is 266 g/mol. The molecule has 0 saturated carbocycles. The largest absolute Gasteiger partial charge is 0.435 e. The molecule has 0 spiro atoms. The van der Waals surface area contributed by atoms with Gasteiger partial charge in [0.15, 0.2) is 0 Å². The average Bonchev–Trinajstić information content (AvgIpc) is 2.62. The van der Waals surface area contributed by atoms with Crippen LogP contribution >= 0.6 is 9.24 Å². The van der Waals surface area contributed by atoms with Gasteiger partial charge in [-0.3, -0.25) is 4.79 Å². The topological polar surface area (TPSA) is 38.3 Å². The number of rotatable bonds is 3. The molecule has 1 heterocycles. The Morgan fingerprint density at radius 3 is 2.67 bits per heavy atom. The second kappa shape index (κ2) is 5.14. The van der Waals surface area contributed by atoms with Crippen LogP contribution in [0.5, 0.6) is 5.75 Å². The van der Waals surface area contributed by atoms with Gasteiger partial charge in [-0.25, -0.2) is 4.39 Å². The molecular formula is C11H11F3NO2P. The fourth-order valence-corrected chi connectivity index (χ4v) is 2.56. The highest BCUT2D eigenvalue weighted by Crippen LogP contribution is 2.28. The van der Waals surface area contributed by atoms with Gasteiger partial charge in [0.25, 0.3) is 0 Å². The van der Waals surface area contributed by atoms with Crippen molar-refractivity contribution in [3.63, 3.8) is 0 Å². The Kier molecular flexibility index (Phi) is 3.76. The minimum atomic E-state index is -2.99. The lowest BCUT2D eigenvalue weighted by Crippen LogP contribution is -2.16. The van der Waals surface area contributed by atoms with Crippen molar-refractivity contribution in [3.8, 4) is 5.75 Å². The van der Waals surface area contributed by atoms with Gasteiger partial charge in [0.1, 0.15) is 11.6 Å². The molecule has 1 aromatic rings. The summed E-state index contributed by atoms with van der Waals surface area (Å²) in [4.78, 5) is 11.1. The summed E-state index contributed by atoms with van der Waals surface area (Å²) >= 11 is 0. The van der Waals surface area contributed by atoms with Crippen LogP contribution < -0.4 is 15.4 Å².